The highest BCUT2D eigenvalue weighted by atomic mass is 16.5. The molecule has 2 aromatic carbocycles. The van der Waals surface area contributed by atoms with E-state index in [0.717, 1.165) is 16.5 Å². The summed E-state index contributed by atoms with van der Waals surface area (Å²) in [6, 6.07) is 20.2. The highest BCUT2D eigenvalue weighted by molar-refractivity contribution is 6.04. The fourth-order valence-electron chi connectivity index (χ4n) is 3.15. The van der Waals surface area contributed by atoms with Crippen LogP contribution in [0.3, 0.4) is 0 Å². The second kappa shape index (κ2) is 8.21. The summed E-state index contributed by atoms with van der Waals surface area (Å²) in [5.41, 5.74) is 3.73. The van der Waals surface area contributed by atoms with Gasteiger partial charge in [-0.3, -0.25) is 0 Å². The molecule has 6 heteroatoms. The van der Waals surface area contributed by atoms with Crippen molar-refractivity contribution in [2.45, 2.75) is 13.5 Å². The average molecular weight is 401 g/mol. The molecule has 0 bridgehead atoms. The largest absolute Gasteiger partial charge is 0.463 e. The van der Waals surface area contributed by atoms with Crippen LogP contribution in [0.5, 0.6) is 0 Å². The van der Waals surface area contributed by atoms with Crippen LogP contribution in [-0.4, -0.2) is 24.0 Å². The van der Waals surface area contributed by atoms with E-state index in [4.69, 9.17) is 14.1 Å². The Labute approximate surface area is 173 Å². The zero-order valence-electron chi connectivity index (χ0n) is 16.5. The van der Waals surface area contributed by atoms with Crippen LogP contribution in [0, 0.1) is 6.92 Å². The third-order valence-electron chi connectivity index (χ3n) is 4.65. The summed E-state index contributed by atoms with van der Waals surface area (Å²) in [6.45, 7) is 1.85. The molecule has 0 aliphatic carbocycles. The molecule has 150 valence electrons. The van der Waals surface area contributed by atoms with E-state index in [1.807, 2.05) is 55.5 Å². The molecule has 0 saturated heterocycles. The standard InChI is InChI=1S/C24H19NO5/c1-15-8-10-20-18(12-15)19(13-21(25-20)16-6-4-3-5-7-16)23(26)29-14-17-9-11-22(30-17)24(27)28-2/h3-13H,14H2,1-2H3. The quantitative estimate of drug-likeness (QED) is 0.441. The number of rotatable bonds is 5. The minimum Gasteiger partial charge on any atom is -0.463 e. The van der Waals surface area contributed by atoms with Crippen LogP contribution in [0.15, 0.2) is 71.1 Å². The summed E-state index contributed by atoms with van der Waals surface area (Å²) in [5, 5.41) is 0.717. The Morgan fingerprint density at radius 3 is 2.53 bits per heavy atom. The van der Waals surface area contributed by atoms with Gasteiger partial charge in [-0.2, -0.15) is 0 Å². The van der Waals surface area contributed by atoms with E-state index in [0.29, 0.717) is 22.5 Å². The van der Waals surface area contributed by atoms with Gasteiger partial charge in [-0.15, -0.1) is 0 Å². The molecule has 2 heterocycles. The minimum absolute atomic E-state index is 0.0555. The van der Waals surface area contributed by atoms with Gasteiger partial charge in [0, 0.05) is 10.9 Å². The molecule has 2 aromatic heterocycles. The summed E-state index contributed by atoms with van der Waals surface area (Å²) in [5.74, 6) is -0.682. The van der Waals surface area contributed by atoms with E-state index in [-0.39, 0.29) is 12.4 Å². The van der Waals surface area contributed by atoms with Crippen molar-refractivity contribution in [2.24, 2.45) is 0 Å². The minimum atomic E-state index is -0.587. The number of hydrogen-bond donors (Lipinski definition) is 0. The van der Waals surface area contributed by atoms with E-state index in [1.165, 1.54) is 13.2 Å². The molecule has 4 aromatic rings. The Hall–Kier alpha value is -3.93. The first-order valence-corrected chi connectivity index (χ1v) is 9.36. The zero-order valence-corrected chi connectivity index (χ0v) is 16.5. The predicted octanol–water partition coefficient (Wildman–Crippen LogP) is 4.95. The lowest BCUT2D eigenvalue weighted by Crippen LogP contribution is -2.07. The molecular formula is C24H19NO5. The van der Waals surface area contributed by atoms with Gasteiger partial charge in [0.1, 0.15) is 12.4 Å². The summed E-state index contributed by atoms with van der Waals surface area (Å²) >= 11 is 0. The zero-order chi connectivity index (χ0) is 21.1. The second-order valence-corrected chi connectivity index (χ2v) is 6.78. The fourth-order valence-corrected chi connectivity index (χ4v) is 3.15. The van der Waals surface area contributed by atoms with E-state index in [9.17, 15) is 9.59 Å². The van der Waals surface area contributed by atoms with Crippen molar-refractivity contribution < 1.29 is 23.5 Å². The van der Waals surface area contributed by atoms with Crippen molar-refractivity contribution in [1.29, 1.82) is 0 Å². The van der Waals surface area contributed by atoms with Crippen molar-refractivity contribution in [2.75, 3.05) is 7.11 Å². The Morgan fingerprint density at radius 2 is 1.77 bits per heavy atom. The van der Waals surface area contributed by atoms with Crippen LogP contribution in [0.25, 0.3) is 22.2 Å². The van der Waals surface area contributed by atoms with Gasteiger partial charge in [-0.25, -0.2) is 14.6 Å². The molecular weight excluding hydrogens is 382 g/mol. The van der Waals surface area contributed by atoms with Crippen molar-refractivity contribution in [3.05, 3.63) is 89.4 Å². The average Bonchev–Trinajstić information content (AvgIpc) is 3.26. The first-order valence-electron chi connectivity index (χ1n) is 9.36. The van der Waals surface area contributed by atoms with Crippen LogP contribution in [0.2, 0.25) is 0 Å². The number of aryl methyl sites for hydroxylation is 1. The number of ether oxygens (including phenoxy) is 2. The highest BCUT2D eigenvalue weighted by Gasteiger charge is 2.17. The number of benzene rings is 2. The van der Waals surface area contributed by atoms with E-state index in [2.05, 4.69) is 4.74 Å². The number of furan rings is 1. The molecule has 0 atom stereocenters. The number of esters is 2. The van der Waals surface area contributed by atoms with Crippen molar-refractivity contribution in [3.8, 4) is 11.3 Å². The molecule has 30 heavy (non-hydrogen) atoms. The molecule has 0 saturated carbocycles. The number of aromatic nitrogens is 1. The molecule has 0 fully saturated rings. The van der Waals surface area contributed by atoms with Gasteiger partial charge < -0.3 is 13.9 Å². The molecule has 0 spiro atoms. The SMILES string of the molecule is COC(=O)c1ccc(COC(=O)c2cc(-c3ccccc3)nc3ccc(C)cc23)o1. The topological polar surface area (TPSA) is 78.6 Å². The second-order valence-electron chi connectivity index (χ2n) is 6.78. The van der Waals surface area contributed by atoms with Gasteiger partial charge in [0.25, 0.3) is 0 Å². The van der Waals surface area contributed by atoms with E-state index in [1.54, 1.807) is 12.1 Å². The van der Waals surface area contributed by atoms with Crippen LogP contribution in [-0.2, 0) is 16.1 Å². The lowest BCUT2D eigenvalue weighted by molar-refractivity contribution is 0.0440. The monoisotopic (exact) mass is 401 g/mol. The van der Waals surface area contributed by atoms with Crippen LogP contribution in [0.1, 0.15) is 32.2 Å². The lowest BCUT2D eigenvalue weighted by Gasteiger charge is -2.10. The molecule has 0 unspecified atom stereocenters. The third-order valence-corrected chi connectivity index (χ3v) is 4.65. The van der Waals surface area contributed by atoms with Crippen LogP contribution >= 0.6 is 0 Å². The van der Waals surface area contributed by atoms with Gasteiger partial charge in [0.2, 0.25) is 5.76 Å². The maximum atomic E-state index is 12.9. The smallest absolute Gasteiger partial charge is 0.373 e. The number of nitrogens with zero attached hydrogens (tertiary/aromatic N) is 1. The van der Waals surface area contributed by atoms with Gasteiger partial charge in [0.15, 0.2) is 0 Å². The first-order chi connectivity index (χ1) is 14.5. The molecule has 0 radical (unpaired) electrons. The molecule has 0 aliphatic rings. The summed E-state index contributed by atoms with van der Waals surface area (Å²) in [6.07, 6.45) is 0. The molecule has 0 aliphatic heterocycles. The fraction of sp³-hybridized carbons (Fsp3) is 0.125. The van der Waals surface area contributed by atoms with Gasteiger partial charge in [0.05, 0.1) is 23.9 Å². The van der Waals surface area contributed by atoms with Crippen LogP contribution < -0.4 is 0 Å². The van der Waals surface area contributed by atoms with Crippen LogP contribution in [0.4, 0.5) is 0 Å². The predicted molar refractivity (Wildman–Crippen MR) is 111 cm³/mol. The Bertz CT molecular complexity index is 1230. The van der Waals surface area contributed by atoms with Crippen molar-refractivity contribution >= 4 is 22.8 Å². The van der Waals surface area contributed by atoms with Gasteiger partial charge in [-0.05, 0) is 37.3 Å². The van der Waals surface area contributed by atoms with Gasteiger partial charge in [-0.1, -0.05) is 42.0 Å². The van der Waals surface area contributed by atoms with Crippen molar-refractivity contribution in [3.63, 3.8) is 0 Å². The Morgan fingerprint density at radius 1 is 0.967 bits per heavy atom. The summed E-state index contributed by atoms with van der Waals surface area (Å²) in [7, 11) is 1.27. The van der Waals surface area contributed by atoms with Gasteiger partial charge >= 0.3 is 11.9 Å². The number of carbonyl (C=O) groups excluding carboxylic acids is 2. The lowest BCUT2D eigenvalue weighted by atomic mass is 10.0. The molecule has 0 N–H and O–H groups in total. The number of pyridine rings is 1. The first kappa shape index (κ1) is 19.4. The Kier molecular flexibility index (Phi) is 5.30. The van der Waals surface area contributed by atoms with Crippen molar-refractivity contribution in [1.82, 2.24) is 4.98 Å². The number of carbonyl (C=O) groups is 2. The maximum absolute atomic E-state index is 12.9. The maximum Gasteiger partial charge on any atom is 0.373 e. The number of methoxy groups -OCH3 is 1. The third kappa shape index (κ3) is 3.93. The highest BCUT2D eigenvalue weighted by Crippen LogP contribution is 2.26. The summed E-state index contributed by atoms with van der Waals surface area (Å²) < 4.78 is 15.4. The normalized spacial score (nSPS) is 10.7. The molecule has 0 amide bonds. The summed E-state index contributed by atoms with van der Waals surface area (Å²) in [4.78, 5) is 29.1. The molecule has 6 nitrogen and oxygen atoms in total. The van der Waals surface area contributed by atoms with E-state index < -0.39 is 11.9 Å². The van der Waals surface area contributed by atoms with E-state index >= 15 is 0 Å². The molecule has 4 rings (SSSR count). The number of hydrogen-bond acceptors (Lipinski definition) is 6. The Balaban J connectivity index is 1.66. The number of fused-ring (bicyclic) bond motifs is 1.